The summed E-state index contributed by atoms with van der Waals surface area (Å²) in [4.78, 5) is 0. The van der Waals surface area contributed by atoms with Crippen LogP contribution in [0.2, 0.25) is 0 Å². The average Bonchev–Trinajstić information content (AvgIpc) is 3.52. The lowest BCUT2D eigenvalue weighted by molar-refractivity contribution is 0.292. The number of nitrogens with zero attached hydrogens (tertiary/aromatic N) is 6. The van der Waals surface area contributed by atoms with E-state index in [9.17, 15) is 30.9 Å². The summed E-state index contributed by atoms with van der Waals surface area (Å²) in [5.74, 6) is -10.6. The fraction of sp³-hybridized carbons (Fsp3) is 0. The number of nitrogens with one attached hydrogen (secondary N) is 2. The average molecular weight is 554 g/mol. The molecular weight excluding hydrogens is 545 g/mol. The molecule has 0 bridgehead atoms. The van der Waals surface area contributed by atoms with Gasteiger partial charge in [0.05, 0.1) is 0 Å². The third kappa shape index (κ3) is 5.02. The number of halogens is 6. The van der Waals surface area contributed by atoms with Gasteiger partial charge in [0.2, 0.25) is 0 Å². The maximum absolute atomic E-state index is 14.2. The summed E-state index contributed by atoms with van der Waals surface area (Å²) in [6, 6.07) is 8.09. The van der Waals surface area contributed by atoms with E-state index in [4.69, 9.17) is 19.8 Å². The number of rotatable bonds is 8. The molecule has 0 aliphatic carbocycles. The van der Waals surface area contributed by atoms with Crippen molar-refractivity contribution in [2.24, 2.45) is 0 Å². The number of aromatic nitrogens is 4. The Balaban J connectivity index is 1.51. The van der Waals surface area contributed by atoms with Gasteiger partial charge in [-0.25, -0.2) is 46.7 Å². The van der Waals surface area contributed by atoms with Crippen molar-refractivity contribution in [1.29, 1.82) is 10.5 Å². The Labute approximate surface area is 207 Å². The van der Waals surface area contributed by atoms with Crippen LogP contribution in [0.3, 0.4) is 0 Å². The standard InChI is InChI=1S/C20H9F6N8O3P/c21-11-1-3-13(19(25)17(11)23)33-15(5-9(7-27)29-33)31-36-38(35)37-32-16-6-10(8-28)30-34(16)14-4-2-12(22)18(24)20(14)26/h1-6,31-32,38H. The second-order valence-corrected chi connectivity index (χ2v) is 7.83. The van der Waals surface area contributed by atoms with Crippen LogP contribution in [0.4, 0.5) is 38.0 Å². The number of benzene rings is 2. The summed E-state index contributed by atoms with van der Waals surface area (Å²) >= 11 is 0. The predicted molar refractivity (Wildman–Crippen MR) is 115 cm³/mol. The molecular formula is C20H9F6N8O3P. The maximum atomic E-state index is 14.2. The van der Waals surface area contributed by atoms with E-state index >= 15 is 0 Å². The first-order valence-electron chi connectivity index (χ1n) is 9.82. The first-order chi connectivity index (χ1) is 18.1. The van der Waals surface area contributed by atoms with Gasteiger partial charge in [-0.1, -0.05) is 0 Å². The Morgan fingerprint density at radius 3 is 1.47 bits per heavy atom. The van der Waals surface area contributed by atoms with Crippen molar-refractivity contribution in [1.82, 2.24) is 19.6 Å². The lowest BCUT2D eigenvalue weighted by Gasteiger charge is -2.12. The summed E-state index contributed by atoms with van der Waals surface area (Å²) in [5, 5.41) is 25.5. The lowest BCUT2D eigenvalue weighted by Crippen LogP contribution is -2.10. The molecule has 38 heavy (non-hydrogen) atoms. The Hall–Kier alpha value is -4.83. The van der Waals surface area contributed by atoms with Crippen LogP contribution < -0.4 is 11.0 Å². The number of anilines is 2. The number of hydrogen-bond donors (Lipinski definition) is 2. The van der Waals surface area contributed by atoms with Crippen molar-refractivity contribution in [2.45, 2.75) is 0 Å². The van der Waals surface area contributed by atoms with E-state index in [0.29, 0.717) is 21.5 Å². The third-order valence-corrected chi connectivity index (χ3v) is 5.15. The molecule has 2 N–H and O–H groups in total. The summed E-state index contributed by atoms with van der Waals surface area (Å²) < 4.78 is 105. The van der Waals surface area contributed by atoms with Crippen molar-refractivity contribution in [3.63, 3.8) is 0 Å². The molecule has 0 atom stereocenters. The quantitative estimate of drug-likeness (QED) is 0.140. The van der Waals surface area contributed by atoms with Crippen LogP contribution in [0.5, 0.6) is 0 Å². The summed E-state index contributed by atoms with van der Waals surface area (Å²) in [6.45, 7) is 0. The molecule has 11 nitrogen and oxygen atoms in total. The van der Waals surface area contributed by atoms with Gasteiger partial charge >= 0.3 is 8.25 Å². The molecule has 0 unspecified atom stereocenters. The molecule has 2 aromatic carbocycles. The maximum Gasteiger partial charge on any atom is 0.361 e. The summed E-state index contributed by atoms with van der Waals surface area (Å²) in [5.41, 5.74) is 2.22. The van der Waals surface area contributed by atoms with E-state index < -0.39 is 54.5 Å². The molecule has 194 valence electrons. The number of nitriles is 2. The summed E-state index contributed by atoms with van der Waals surface area (Å²) in [6.07, 6.45) is 0. The molecule has 0 aliphatic rings. The van der Waals surface area contributed by atoms with Crippen molar-refractivity contribution in [3.8, 4) is 23.5 Å². The SMILES string of the molecule is N#Cc1cc(NO[PH](=O)ONc2cc(C#N)nn2-c2ccc(F)c(F)c2F)n(-c2ccc(F)c(F)c2F)n1. The zero-order chi connectivity index (χ0) is 27.6. The van der Waals surface area contributed by atoms with Gasteiger partial charge in [-0.3, -0.25) is 4.57 Å². The van der Waals surface area contributed by atoms with Gasteiger partial charge in [-0.05, 0) is 24.3 Å². The highest BCUT2D eigenvalue weighted by Crippen LogP contribution is 2.29. The molecule has 0 spiro atoms. The molecule has 4 rings (SSSR count). The Morgan fingerprint density at radius 2 is 1.11 bits per heavy atom. The van der Waals surface area contributed by atoms with Crippen molar-refractivity contribution < 1.29 is 40.2 Å². The van der Waals surface area contributed by atoms with E-state index in [2.05, 4.69) is 21.2 Å². The van der Waals surface area contributed by atoms with Crippen LogP contribution in [0.25, 0.3) is 11.4 Å². The molecule has 2 heterocycles. The zero-order valence-electron chi connectivity index (χ0n) is 18.1. The minimum atomic E-state index is -3.60. The second-order valence-electron chi connectivity index (χ2n) is 6.92. The third-order valence-electron chi connectivity index (χ3n) is 4.61. The Morgan fingerprint density at radius 1 is 0.711 bits per heavy atom. The van der Waals surface area contributed by atoms with Gasteiger partial charge < -0.3 is 0 Å². The van der Waals surface area contributed by atoms with E-state index in [1.807, 2.05) is 0 Å². The monoisotopic (exact) mass is 554 g/mol. The minimum Gasteiger partial charge on any atom is -0.259 e. The van der Waals surface area contributed by atoms with E-state index in [0.717, 1.165) is 24.3 Å². The molecule has 0 saturated carbocycles. The van der Waals surface area contributed by atoms with Crippen molar-refractivity contribution in [3.05, 3.63) is 82.7 Å². The lowest BCUT2D eigenvalue weighted by atomic mass is 10.3. The minimum absolute atomic E-state index is 0.319. The molecule has 0 amide bonds. The molecule has 0 radical (unpaired) electrons. The van der Waals surface area contributed by atoms with Gasteiger partial charge in [0.1, 0.15) is 23.5 Å². The topological polar surface area (TPSA) is 143 Å². The molecule has 4 aromatic rings. The molecule has 0 saturated heterocycles. The van der Waals surface area contributed by atoms with Gasteiger partial charge in [-0.2, -0.15) is 30.0 Å². The fourth-order valence-corrected chi connectivity index (χ4v) is 3.37. The molecule has 0 fully saturated rings. The Bertz CT molecular complexity index is 1540. The van der Waals surface area contributed by atoms with Gasteiger partial charge in [0, 0.05) is 12.1 Å². The van der Waals surface area contributed by atoms with Crippen LogP contribution in [0.1, 0.15) is 11.4 Å². The predicted octanol–water partition coefficient (Wildman–Crippen LogP) is 4.41. The van der Waals surface area contributed by atoms with Crippen LogP contribution in [-0.2, 0) is 13.8 Å². The van der Waals surface area contributed by atoms with Crippen LogP contribution in [-0.4, -0.2) is 19.6 Å². The number of hydrogen-bond acceptors (Lipinski definition) is 9. The molecule has 0 aliphatic heterocycles. The van der Waals surface area contributed by atoms with Crippen molar-refractivity contribution in [2.75, 3.05) is 11.0 Å². The van der Waals surface area contributed by atoms with Crippen LogP contribution >= 0.6 is 8.25 Å². The van der Waals surface area contributed by atoms with Gasteiger partial charge in [0.25, 0.3) is 0 Å². The molecule has 18 heteroatoms. The smallest absolute Gasteiger partial charge is 0.259 e. The highest BCUT2D eigenvalue weighted by molar-refractivity contribution is 7.33. The Kier molecular flexibility index (Phi) is 7.35. The van der Waals surface area contributed by atoms with E-state index in [1.54, 1.807) is 12.1 Å². The zero-order valence-corrected chi connectivity index (χ0v) is 19.1. The highest BCUT2D eigenvalue weighted by Gasteiger charge is 2.21. The summed E-state index contributed by atoms with van der Waals surface area (Å²) in [7, 11) is -3.60. The first-order valence-corrected chi connectivity index (χ1v) is 11.0. The van der Waals surface area contributed by atoms with Crippen LogP contribution in [0.15, 0.2) is 36.4 Å². The highest BCUT2D eigenvalue weighted by atomic mass is 31.1. The normalized spacial score (nSPS) is 10.9. The first kappa shape index (κ1) is 26.2. The van der Waals surface area contributed by atoms with E-state index in [-0.39, 0.29) is 23.0 Å². The second kappa shape index (κ2) is 10.7. The molecule has 2 aromatic heterocycles. The van der Waals surface area contributed by atoms with Crippen molar-refractivity contribution >= 4 is 19.9 Å². The van der Waals surface area contributed by atoms with Crippen LogP contribution in [0, 0.1) is 57.6 Å². The van der Waals surface area contributed by atoms with Gasteiger partial charge in [-0.15, -0.1) is 0 Å². The largest absolute Gasteiger partial charge is 0.361 e. The fourth-order valence-electron chi connectivity index (χ4n) is 2.95. The van der Waals surface area contributed by atoms with Gasteiger partial charge in [0.15, 0.2) is 57.9 Å². The van der Waals surface area contributed by atoms with E-state index in [1.165, 1.54) is 0 Å².